The van der Waals surface area contributed by atoms with Gasteiger partial charge in [-0.3, -0.25) is 4.68 Å². The number of nitrogens with two attached hydrogens (primary N) is 1. The van der Waals surface area contributed by atoms with E-state index in [2.05, 4.69) is 24.3 Å². The Hall–Kier alpha value is -1.03. The van der Waals surface area contributed by atoms with Gasteiger partial charge in [-0.1, -0.05) is 0 Å². The summed E-state index contributed by atoms with van der Waals surface area (Å²) in [6.07, 6.45) is 1.97. The van der Waals surface area contributed by atoms with Gasteiger partial charge in [0.1, 0.15) is 5.82 Å². The van der Waals surface area contributed by atoms with E-state index in [1.165, 1.54) is 0 Å². The van der Waals surface area contributed by atoms with E-state index in [0.29, 0.717) is 12.6 Å². The number of nitrogens with zero attached hydrogens (tertiary/aromatic N) is 2. The minimum absolute atomic E-state index is 0.274. The molecule has 0 saturated carbocycles. The SMILES string of the molecule is CC(CN)Nc1ccn(C(C)C)n1. The van der Waals surface area contributed by atoms with Crippen LogP contribution in [-0.2, 0) is 0 Å². The van der Waals surface area contributed by atoms with E-state index in [9.17, 15) is 0 Å². The molecule has 1 heterocycles. The molecule has 0 aromatic carbocycles. The Balaban J connectivity index is 2.58. The lowest BCUT2D eigenvalue weighted by molar-refractivity contribution is 0.533. The molecule has 3 N–H and O–H groups in total. The van der Waals surface area contributed by atoms with Crippen molar-refractivity contribution in [2.24, 2.45) is 5.73 Å². The first-order valence-corrected chi connectivity index (χ1v) is 4.65. The molecule has 1 rings (SSSR count). The first-order chi connectivity index (χ1) is 6.13. The highest BCUT2D eigenvalue weighted by Gasteiger charge is 2.03. The minimum Gasteiger partial charge on any atom is -0.365 e. The lowest BCUT2D eigenvalue weighted by Gasteiger charge is -2.09. The van der Waals surface area contributed by atoms with Crippen molar-refractivity contribution in [3.8, 4) is 0 Å². The van der Waals surface area contributed by atoms with E-state index in [1.807, 2.05) is 23.9 Å². The molecule has 1 aromatic rings. The third-order valence-corrected chi connectivity index (χ3v) is 1.89. The lowest BCUT2D eigenvalue weighted by atomic mass is 10.3. The van der Waals surface area contributed by atoms with Crippen molar-refractivity contribution >= 4 is 5.82 Å². The number of anilines is 1. The van der Waals surface area contributed by atoms with Gasteiger partial charge in [-0.05, 0) is 20.8 Å². The van der Waals surface area contributed by atoms with Gasteiger partial charge in [-0.25, -0.2) is 0 Å². The predicted molar refractivity (Wildman–Crippen MR) is 54.8 cm³/mol. The summed E-state index contributed by atoms with van der Waals surface area (Å²) in [7, 11) is 0. The molecule has 0 fully saturated rings. The number of hydrogen-bond acceptors (Lipinski definition) is 3. The number of hydrogen-bond donors (Lipinski definition) is 2. The second-order valence-corrected chi connectivity index (χ2v) is 3.56. The number of nitrogens with one attached hydrogen (secondary N) is 1. The molecule has 4 nitrogen and oxygen atoms in total. The van der Waals surface area contributed by atoms with E-state index in [4.69, 9.17) is 5.73 Å². The summed E-state index contributed by atoms with van der Waals surface area (Å²) < 4.78 is 1.92. The van der Waals surface area contributed by atoms with Crippen molar-refractivity contribution in [1.82, 2.24) is 9.78 Å². The average molecular weight is 182 g/mol. The molecular weight excluding hydrogens is 164 g/mol. The summed E-state index contributed by atoms with van der Waals surface area (Å²) in [4.78, 5) is 0. The smallest absolute Gasteiger partial charge is 0.148 e. The molecule has 0 aliphatic carbocycles. The Morgan fingerprint density at radius 3 is 2.69 bits per heavy atom. The summed E-state index contributed by atoms with van der Waals surface area (Å²) in [5, 5.41) is 7.56. The van der Waals surface area contributed by atoms with Crippen LogP contribution in [0, 0.1) is 0 Å². The summed E-state index contributed by atoms with van der Waals surface area (Å²) in [6, 6.07) is 2.64. The molecule has 74 valence electrons. The zero-order valence-electron chi connectivity index (χ0n) is 8.49. The third kappa shape index (κ3) is 2.73. The maximum absolute atomic E-state index is 5.49. The van der Waals surface area contributed by atoms with E-state index < -0.39 is 0 Å². The van der Waals surface area contributed by atoms with Gasteiger partial charge >= 0.3 is 0 Å². The van der Waals surface area contributed by atoms with Crippen LogP contribution in [0.25, 0.3) is 0 Å². The van der Waals surface area contributed by atoms with E-state index in [1.54, 1.807) is 0 Å². The largest absolute Gasteiger partial charge is 0.365 e. The standard InChI is InChI=1S/C9H18N4/c1-7(2)13-5-4-9(12-13)11-8(3)6-10/h4-5,7-8H,6,10H2,1-3H3,(H,11,12). The Labute approximate surface area is 79.1 Å². The molecule has 1 aromatic heterocycles. The molecule has 13 heavy (non-hydrogen) atoms. The molecule has 0 saturated heterocycles. The van der Waals surface area contributed by atoms with E-state index in [-0.39, 0.29) is 6.04 Å². The van der Waals surface area contributed by atoms with Crippen molar-refractivity contribution in [1.29, 1.82) is 0 Å². The maximum Gasteiger partial charge on any atom is 0.148 e. The monoisotopic (exact) mass is 182 g/mol. The van der Waals surface area contributed by atoms with Crippen LogP contribution in [0.5, 0.6) is 0 Å². The lowest BCUT2D eigenvalue weighted by Crippen LogP contribution is -2.25. The highest BCUT2D eigenvalue weighted by molar-refractivity contribution is 5.33. The van der Waals surface area contributed by atoms with Gasteiger partial charge in [-0.15, -0.1) is 0 Å². The molecule has 4 heteroatoms. The van der Waals surface area contributed by atoms with Crippen molar-refractivity contribution in [3.05, 3.63) is 12.3 Å². The summed E-state index contributed by atoms with van der Waals surface area (Å²) in [6.45, 7) is 6.86. The van der Waals surface area contributed by atoms with E-state index >= 15 is 0 Å². The van der Waals surface area contributed by atoms with Crippen molar-refractivity contribution in [2.75, 3.05) is 11.9 Å². The molecule has 0 spiro atoms. The van der Waals surface area contributed by atoms with E-state index in [0.717, 1.165) is 5.82 Å². The van der Waals surface area contributed by atoms with Crippen LogP contribution in [0.3, 0.4) is 0 Å². The van der Waals surface area contributed by atoms with Crippen molar-refractivity contribution in [3.63, 3.8) is 0 Å². The Morgan fingerprint density at radius 1 is 1.54 bits per heavy atom. The molecule has 0 amide bonds. The number of aromatic nitrogens is 2. The fourth-order valence-corrected chi connectivity index (χ4v) is 1.01. The zero-order valence-corrected chi connectivity index (χ0v) is 8.49. The second-order valence-electron chi connectivity index (χ2n) is 3.56. The minimum atomic E-state index is 0.274. The normalized spacial score (nSPS) is 13.3. The molecule has 1 atom stereocenters. The van der Waals surface area contributed by atoms with Crippen molar-refractivity contribution in [2.45, 2.75) is 32.9 Å². The maximum atomic E-state index is 5.49. The molecule has 0 aliphatic heterocycles. The molecule has 0 radical (unpaired) electrons. The highest BCUT2D eigenvalue weighted by atomic mass is 15.3. The van der Waals surface area contributed by atoms with Gasteiger partial charge in [0.05, 0.1) is 0 Å². The van der Waals surface area contributed by atoms with Gasteiger partial charge in [-0.2, -0.15) is 5.10 Å². The van der Waals surface area contributed by atoms with Crippen LogP contribution >= 0.6 is 0 Å². The number of rotatable bonds is 4. The Morgan fingerprint density at radius 2 is 2.23 bits per heavy atom. The summed E-state index contributed by atoms with van der Waals surface area (Å²) >= 11 is 0. The van der Waals surface area contributed by atoms with Gasteiger partial charge in [0.15, 0.2) is 0 Å². The molecule has 1 unspecified atom stereocenters. The van der Waals surface area contributed by atoms with Crippen LogP contribution < -0.4 is 11.1 Å². The van der Waals surface area contributed by atoms with Crippen LogP contribution in [0.1, 0.15) is 26.8 Å². The average Bonchev–Trinajstić information content (AvgIpc) is 2.52. The quantitative estimate of drug-likeness (QED) is 0.736. The predicted octanol–water partition coefficient (Wildman–Crippen LogP) is 1.22. The topological polar surface area (TPSA) is 55.9 Å². The van der Waals surface area contributed by atoms with Crippen LogP contribution in [-0.4, -0.2) is 22.4 Å². The summed E-state index contributed by atoms with van der Waals surface area (Å²) in [5.74, 6) is 0.895. The fourth-order valence-electron chi connectivity index (χ4n) is 1.01. The summed E-state index contributed by atoms with van der Waals surface area (Å²) in [5.41, 5.74) is 5.49. The second kappa shape index (κ2) is 4.28. The highest BCUT2D eigenvalue weighted by Crippen LogP contribution is 2.08. The first kappa shape index (κ1) is 10.1. The third-order valence-electron chi connectivity index (χ3n) is 1.89. The van der Waals surface area contributed by atoms with Crippen LogP contribution in [0.2, 0.25) is 0 Å². The fraction of sp³-hybridized carbons (Fsp3) is 0.667. The van der Waals surface area contributed by atoms with Crippen molar-refractivity contribution < 1.29 is 0 Å². The molecule has 0 bridgehead atoms. The Bertz CT molecular complexity index is 254. The molecule has 0 aliphatic rings. The Kier molecular flexibility index (Phi) is 3.31. The first-order valence-electron chi connectivity index (χ1n) is 4.65. The van der Waals surface area contributed by atoms with Gasteiger partial charge in [0.25, 0.3) is 0 Å². The zero-order chi connectivity index (χ0) is 9.84. The van der Waals surface area contributed by atoms with Crippen LogP contribution in [0.4, 0.5) is 5.82 Å². The van der Waals surface area contributed by atoms with Gasteiger partial charge in [0.2, 0.25) is 0 Å². The van der Waals surface area contributed by atoms with Gasteiger partial charge in [0, 0.05) is 30.9 Å². The van der Waals surface area contributed by atoms with Crippen LogP contribution in [0.15, 0.2) is 12.3 Å². The molecular formula is C9H18N4. The van der Waals surface area contributed by atoms with Gasteiger partial charge < -0.3 is 11.1 Å².